The predicted molar refractivity (Wildman–Crippen MR) is 67.6 cm³/mol. The van der Waals surface area contributed by atoms with Crippen LogP contribution in [0.15, 0.2) is 6.20 Å². The van der Waals surface area contributed by atoms with Crippen LogP contribution < -0.4 is 0 Å². The second-order valence-corrected chi connectivity index (χ2v) is 6.46. The van der Waals surface area contributed by atoms with Gasteiger partial charge in [0.05, 0.1) is 11.2 Å². The van der Waals surface area contributed by atoms with E-state index < -0.39 is 0 Å². The average Bonchev–Trinajstić information content (AvgIpc) is 2.58. The number of aromatic nitrogens is 2. The molecule has 0 fully saturated rings. The lowest BCUT2D eigenvalue weighted by Crippen LogP contribution is -2.22. The minimum Gasteiger partial charge on any atom is -0.267 e. The molecule has 0 saturated carbocycles. The van der Waals surface area contributed by atoms with Gasteiger partial charge >= 0.3 is 0 Å². The van der Waals surface area contributed by atoms with Crippen LogP contribution in [-0.2, 0) is 18.4 Å². The van der Waals surface area contributed by atoms with Crippen LogP contribution in [-0.4, -0.2) is 9.78 Å². The zero-order valence-electron chi connectivity index (χ0n) is 11.2. The van der Waals surface area contributed by atoms with Gasteiger partial charge in [0.2, 0.25) is 0 Å². The van der Waals surface area contributed by atoms with Crippen molar-refractivity contribution in [2.45, 2.75) is 59.4 Å². The first kappa shape index (κ1) is 11.7. The lowest BCUT2D eigenvalue weighted by molar-refractivity contribution is 0.339. The third-order valence-corrected chi connectivity index (χ3v) is 3.74. The van der Waals surface area contributed by atoms with Gasteiger partial charge in [0, 0.05) is 6.20 Å². The Morgan fingerprint density at radius 2 is 2.06 bits per heavy atom. The van der Waals surface area contributed by atoms with Crippen LogP contribution in [0.5, 0.6) is 0 Å². The first-order valence-electron chi connectivity index (χ1n) is 6.46. The largest absolute Gasteiger partial charge is 0.267 e. The van der Waals surface area contributed by atoms with Crippen LogP contribution in [0, 0.1) is 11.8 Å². The van der Waals surface area contributed by atoms with E-state index in [1.54, 1.807) is 0 Å². The van der Waals surface area contributed by atoms with Crippen LogP contribution >= 0.6 is 0 Å². The van der Waals surface area contributed by atoms with Gasteiger partial charge in [-0.2, -0.15) is 5.10 Å². The van der Waals surface area contributed by atoms with Crippen LogP contribution in [0.1, 0.15) is 52.3 Å². The van der Waals surface area contributed by atoms with Crippen LogP contribution in [0.3, 0.4) is 0 Å². The third kappa shape index (κ3) is 2.16. The van der Waals surface area contributed by atoms with Crippen LogP contribution in [0.25, 0.3) is 0 Å². The van der Waals surface area contributed by atoms with E-state index in [0.717, 1.165) is 11.8 Å². The Morgan fingerprint density at radius 1 is 1.38 bits per heavy atom. The first-order chi connectivity index (χ1) is 7.38. The molecule has 1 aromatic rings. The van der Waals surface area contributed by atoms with E-state index in [0.29, 0.717) is 0 Å². The molecule has 0 aliphatic heterocycles. The summed E-state index contributed by atoms with van der Waals surface area (Å²) in [5.41, 5.74) is 2.94. The van der Waals surface area contributed by atoms with Gasteiger partial charge < -0.3 is 0 Å². The zero-order valence-corrected chi connectivity index (χ0v) is 11.2. The maximum atomic E-state index is 4.73. The van der Waals surface area contributed by atoms with Crippen molar-refractivity contribution in [1.29, 1.82) is 0 Å². The molecule has 0 N–H and O–H groups in total. The Morgan fingerprint density at radius 3 is 2.62 bits per heavy atom. The van der Waals surface area contributed by atoms with Crippen molar-refractivity contribution in [3.05, 3.63) is 17.5 Å². The highest BCUT2D eigenvalue weighted by molar-refractivity contribution is 5.21. The highest BCUT2D eigenvalue weighted by atomic mass is 15.3. The quantitative estimate of drug-likeness (QED) is 0.709. The molecule has 0 amide bonds. The van der Waals surface area contributed by atoms with Gasteiger partial charge in [-0.25, -0.2) is 0 Å². The van der Waals surface area contributed by atoms with E-state index in [1.807, 2.05) is 0 Å². The van der Waals surface area contributed by atoms with Crippen molar-refractivity contribution in [3.63, 3.8) is 0 Å². The molecule has 1 aliphatic carbocycles. The van der Waals surface area contributed by atoms with E-state index in [1.165, 1.54) is 30.5 Å². The Kier molecular flexibility index (Phi) is 2.85. The molecule has 0 saturated heterocycles. The molecular weight excluding hydrogens is 196 g/mol. The normalized spacial score (nSPS) is 21.2. The summed E-state index contributed by atoms with van der Waals surface area (Å²) in [4.78, 5) is 0. The topological polar surface area (TPSA) is 17.8 Å². The minimum atomic E-state index is 0.116. The average molecular weight is 220 g/mol. The molecule has 16 heavy (non-hydrogen) atoms. The summed E-state index contributed by atoms with van der Waals surface area (Å²) in [6.45, 7) is 11.3. The lowest BCUT2D eigenvalue weighted by Gasteiger charge is -2.24. The summed E-state index contributed by atoms with van der Waals surface area (Å²) in [6, 6.07) is 0. The van der Waals surface area contributed by atoms with Crippen LogP contribution in [0.4, 0.5) is 0 Å². The van der Waals surface area contributed by atoms with Gasteiger partial charge in [0.25, 0.3) is 0 Å². The lowest BCUT2D eigenvalue weighted by atomic mass is 9.81. The van der Waals surface area contributed by atoms with Gasteiger partial charge in [-0.1, -0.05) is 13.8 Å². The maximum absolute atomic E-state index is 4.73. The Balaban J connectivity index is 2.23. The Hall–Kier alpha value is -0.790. The second-order valence-electron chi connectivity index (χ2n) is 6.46. The smallest absolute Gasteiger partial charge is 0.0657 e. The van der Waals surface area contributed by atoms with E-state index in [9.17, 15) is 0 Å². The number of hydrogen-bond donors (Lipinski definition) is 0. The van der Waals surface area contributed by atoms with E-state index in [2.05, 4.69) is 45.5 Å². The van der Waals surface area contributed by atoms with Gasteiger partial charge in [0.1, 0.15) is 0 Å². The number of nitrogens with zero attached hydrogens (tertiary/aromatic N) is 2. The van der Waals surface area contributed by atoms with E-state index >= 15 is 0 Å². The highest BCUT2D eigenvalue weighted by Gasteiger charge is 2.25. The van der Waals surface area contributed by atoms with Crippen LogP contribution in [0.2, 0.25) is 0 Å². The summed E-state index contributed by atoms with van der Waals surface area (Å²) in [5.74, 6) is 1.65. The van der Waals surface area contributed by atoms with Crippen molar-refractivity contribution in [2.75, 3.05) is 0 Å². The molecule has 1 heterocycles. The molecule has 0 aromatic carbocycles. The molecule has 1 unspecified atom stereocenters. The number of fused-ring (bicyclic) bond motifs is 1. The summed E-state index contributed by atoms with van der Waals surface area (Å²) < 4.78 is 2.14. The Bertz CT molecular complexity index is 369. The molecule has 1 atom stereocenters. The molecular formula is C14H24N2. The van der Waals surface area contributed by atoms with Gasteiger partial charge in [-0.3, -0.25) is 4.68 Å². The van der Waals surface area contributed by atoms with Gasteiger partial charge in [0.15, 0.2) is 0 Å². The summed E-state index contributed by atoms with van der Waals surface area (Å²) in [5, 5.41) is 4.73. The van der Waals surface area contributed by atoms with Crippen molar-refractivity contribution < 1.29 is 0 Å². The summed E-state index contributed by atoms with van der Waals surface area (Å²) >= 11 is 0. The number of rotatable bonds is 1. The fourth-order valence-electron chi connectivity index (χ4n) is 2.45. The summed E-state index contributed by atoms with van der Waals surface area (Å²) in [7, 11) is 0. The fraction of sp³-hybridized carbons (Fsp3) is 0.786. The summed E-state index contributed by atoms with van der Waals surface area (Å²) in [6.07, 6.45) is 5.97. The van der Waals surface area contributed by atoms with E-state index in [4.69, 9.17) is 5.10 Å². The molecule has 1 aliphatic rings. The molecule has 2 rings (SSSR count). The van der Waals surface area contributed by atoms with E-state index in [-0.39, 0.29) is 5.54 Å². The highest BCUT2D eigenvalue weighted by Crippen LogP contribution is 2.30. The SMILES string of the molecule is CC(C)C1CCc2nn(C(C)(C)C)cc2C1. The Labute approximate surface area is 99.0 Å². The van der Waals surface area contributed by atoms with Gasteiger partial charge in [-0.05, 0) is 57.4 Å². The standard InChI is InChI=1S/C14H24N2/c1-10(2)11-6-7-13-12(8-11)9-16(15-13)14(3,4)5/h9-11H,6-8H2,1-5H3. The maximum Gasteiger partial charge on any atom is 0.0657 e. The third-order valence-electron chi connectivity index (χ3n) is 3.74. The number of hydrogen-bond acceptors (Lipinski definition) is 1. The zero-order chi connectivity index (χ0) is 11.9. The monoisotopic (exact) mass is 220 g/mol. The predicted octanol–water partition coefficient (Wildman–Crippen LogP) is 3.40. The fourth-order valence-corrected chi connectivity index (χ4v) is 2.45. The minimum absolute atomic E-state index is 0.116. The van der Waals surface area contributed by atoms with Crippen molar-refractivity contribution >= 4 is 0 Å². The molecule has 2 heteroatoms. The molecule has 0 bridgehead atoms. The molecule has 90 valence electrons. The molecule has 1 aromatic heterocycles. The van der Waals surface area contributed by atoms with Gasteiger partial charge in [-0.15, -0.1) is 0 Å². The molecule has 0 spiro atoms. The van der Waals surface area contributed by atoms with Crippen molar-refractivity contribution in [1.82, 2.24) is 9.78 Å². The van der Waals surface area contributed by atoms with Crippen molar-refractivity contribution in [3.8, 4) is 0 Å². The first-order valence-corrected chi connectivity index (χ1v) is 6.46. The molecule has 0 radical (unpaired) electrons. The number of aryl methyl sites for hydroxylation is 1. The van der Waals surface area contributed by atoms with Crippen molar-refractivity contribution in [2.24, 2.45) is 11.8 Å². The second kappa shape index (κ2) is 3.90. The molecule has 2 nitrogen and oxygen atoms in total.